The van der Waals surface area contributed by atoms with Gasteiger partial charge in [0.05, 0.1) is 0 Å². The number of nitrogens with one attached hydrogen (secondary N) is 1. The molecule has 16 heavy (non-hydrogen) atoms. The fourth-order valence-electron chi connectivity index (χ4n) is 1.38. The number of rotatable bonds is 6. The first kappa shape index (κ1) is 13.0. The van der Waals surface area contributed by atoms with Crippen molar-refractivity contribution in [2.24, 2.45) is 7.05 Å². The van der Waals surface area contributed by atoms with E-state index >= 15 is 0 Å². The fraction of sp³-hybridized carbons (Fsp3) is 0.700. The third kappa shape index (κ3) is 5.16. The highest BCUT2D eigenvalue weighted by Gasteiger charge is 2.25. The number of halogens is 3. The van der Waals surface area contributed by atoms with E-state index in [0.717, 1.165) is 12.2 Å². The van der Waals surface area contributed by atoms with Gasteiger partial charge < -0.3 is 9.88 Å². The quantitative estimate of drug-likeness (QED) is 0.763. The monoisotopic (exact) mass is 235 g/mol. The third-order valence-corrected chi connectivity index (χ3v) is 2.26. The van der Waals surface area contributed by atoms with Crippen molar-refractivity contribution in [3.63, 3.8) is 0 Å². The fourth-order valence-corrected chi connectivity index (χ4v) is 1.38. The van der Waals surface area contributed by atoms with E-state index in [1.165, 1.54) is 0 Å². The number of alkyl halides is 3. The SMILES string of the molecule is Cn1ccnc1CCNCCCC(F)(F)F. The maximum absolute atomic E-state index is 11.8. The smallest absolute Gasteiger partial charge is 0.338 e. The van der Waals surface area contributed by atoms with E-state index in [0.29, 0.717) is 13.1 Å². The van der Waals surface area contributed by atoms with Crippen molar-refractivity contribution in [3.8, 4) is 0 Å². The number of aromatic nitrogens is 2. The van der Waals surface area contributed by atoms with Gasteiger partial charge in [0, 0.05) is 38.8 Å². The van der Waals surface area contributed by atoms with E-state index in [-0.39, 0.29) is 6.42 Å². The molecule has 0 atom stereocenters. The van der Waals surface area contributed by atoms with Gasteiger partial charge in [0.15, 0.2) is 0 Å². The second-order valence-corrected chi connectivity index (χ2v) is 3.67. The molecule has 1 N–H and O–H groups in total. The average molecular weight is 235 g/mol. The Hall–Kier alpha value is -1.04. The van der Waals surface area contributed by atoms with Gasteiger partial charge in [-0.3, -0.25) is 0 Å². The Morgan fingerprint density at radius 1 is 1.38 bits per heavy atom. The molecule has 0 bridgehead atoms. The van der Waals surface area contributed by atoms with Crippen LogP contribution < -0.4 is 5.32 Å². The maximum atomic E-state index is 11.8. The van der Waals surface area contributed by atoms with Gasteiger partial charge >= 0.3 is 6.18 Å². The Balaban J connectivity index is 2.03. The molecule has 1 rings (SSSR count). The molecule has 0 saturated carbocycles. The zero-order valence-electron chi connectivity index (χ0n) is 9.22. The van der Waals surface area contributed by atoms with E-state index in [1.54, 1.807) is 6.20 Å². The van der Waals surface area contributed by atoms with E-state index in [2.05, 4.69) is 10.3 Å². The summed E-state index contributed by atoms with van der Waals surface area (Å²) in [6.07, 6.45) is -0.346. The first-order valence-corrected chi connectivity index (χ1v) is 5.23. The van der Waals surface area contributed by atoms with Gasteiger partial charge in [0.25, 0.3) is 0 Å². The van der Waals surface area contributed by atoms with Gasteiger partial charge in [0.2, 0.25) is 0 Å². The topological polar surface area (TPSA) is 29.9 Å². The highest BCUT2D eigenvalue weighted by Crippen LogP contribution is 2.20. The highest BCUT2D eigenvalue weighted by molar-refractivity contribution is 4.91. The molecule has 1 aromatic rings. The van der Waals surface area contributed by atoms with Crippen LogP contribution in [-0.4, -0.2) is 28.8 Å². The predicted molar refractivity (Wildman–Crippen MR) is 55.1 cm³/mol. The molecule has 0 aromatic carbocycles. The lowest BCUT2D eigenvalue weighted by atomic mass is 10.3. The van der Waals surface area contributed by atoms with Crippen LogP contribution in [0.4, 0.5) is 13.2 Å². The minimum atomic E-state index is -4.04. The van der Waals surface area contributed by atoms with E-state index in [1.807, 2.05) is 17.8 Å². The Labute approximate surface area is 92.7 Å². The Kier molecular flexibility index (Phi) is 4.79. The van der Waals surface area contributed by atoms with E-state index in [9.17, 15) is 13.2 Å². The lowest BCUT2D eigenvalue weighted by molar-refractivity contribution is -0.135. The highest BCUT2D eigenvalue weighted by atomic mass is 19.4. The second-order valence-electron chi connectivity index (χ2n) is 3.67. The number of hydrogen-bond acceptors (Lipinski definition) is 2. The molecule has 0 aliphatic rings. The van der Waals surface area contributed by atoms with Crippen LogP contribution in [-0.2, 0) is 13.5 Å². The van der Waals surface area contributed by atoms with Crippen LogP contribution >= 0.6 is 0 Å². The number of hydrogen-bond donors (Lipinski definition) is 1. The van der Waals surface area contributed by atoms with Gasteiger partial charge in [-0.2, -0.15) is 13.2 Å². The van der Waals surface area contributed by atoms with Crippen LogP contribution in [0.5, 0.6) is 0 Å². The average Bonchev–Trinajstić information content (AvgIpc) is 2.56. The van der Waals surface area contributed by atoms with Crippen LogP contribution in [0.2, 0.25) is 0 Å². The Morgan fingerprint density at radius 3 is 2.69 bits per heavy atom. The van der Waals surface area contributed by atoms with Crippen LogP contribution in [0, 0.1) is 0 Å². The molecule has 0 unspecified atom stereocenters. The van der Waals surface area contributed by atoms with Crippen LogP contribution in [0.1, 0.15) is 18.7 Å². The summed E-state index contributed by atoms with van der Waals surface area (Å²) in [6, 6.07) is 0. The molecule has 0 aliphatic carbocycles. The zero-order valence-corrected chi connectivity index (χ0v) is 9.22. The first-order valence-electron chi connectivity index (χ1n) is 5.23. The maximum Gasteiger partial charge on any atom is 0.389 e. The first-order chi connectivity index (χ1) is 7.49. The summed E-state index contributed by atoms with van der Waals surface area (Å²) in [5.41, 5.74) is 0. The lowest BCUT2D eigenvalue weighted by Gasteiger charge is -2.07. The minimum absolute atomic E-state index is 0.129. The second kappa shape index (κ2) is 5.89. The van der Waals surface area contributed by atoms with Crippen molar-refractivity contribution < 1.29 is 13.2 Å². The molecule has 1 aromatic heterocycles. The molecular weight excluding hydrogens is 219 g/mol. The molecule has 6 heteroatoms. The molecule has 0 spiro atoms. The summed E-state index contributed by atoms with van der Waals surface area (Å²) in [5.74, 6) is 0.934. The third-order valence-electron chi connectivity index (χ3n) is 2.26. The lowest BCUT2D eigenvalue weighted by Crippen LogP contribution is -2.21. The van der Waals surface area contributed by atoms with Crippen molar-refractivity contribution >= 4 is 0 Å². The molecule has 3 nitrogen and oxygen atoms in total. The van der Waals surface area contributed by atoms with Gasteiger partial charge in [-0.25, -0.2) is 4.98 Å². The van der Waals surface area contributed by atoms with E-state index in [4.69, 9.17) is 0 Å². The summed E-state index contributed by atoms with van der Waals surface area (Å²) in [7, 11) is 1.89. The van der Waals surface area contributed by atoms with Crippen LogP contribution in [0.3, 0.4) is 0 Å². The number of nitrogens with zero attached hydrogens (tertiary/aromatic N) is 2. The molecule has 92 valence electrons. The van der Waals surface area contributed by atoms with Gasteiger partial charge in [0.1, 0.15) is 5.82 Å². The zero-order chi connectivity index (χ0) is 12.0. The van der Waals surface area contributed by atoms with Crippen LogP contribution in [0.15, 0.2) is 12.4 Å². The summed E-state index contributed by atoms with van der Waals surface area (Å²) >= 11 is 0. The normalized spacial score (nSPS) is 12.0. The van der Waals surface area contributed by atoms with Crippen molar-refractivity contribution in [1.29, 1.82) is 0 Å². The molecule has 0 amide bonds. The minimum Gasteiger partial charge on any atom is -0.338 e. The summed E-state index contributed by atoms with van der Waals surface area (Å²) < 4.78 is 37.3. The summed E-state index contributed by atoms with van der Waals surface area (Å²) in [5, 5.41) is 2.97. The van der Waals surface area contributed by atoms with Gasteiger partial charge in [-0.15, -0.1) is 0 Å². The predicted octanol–water partition coefficient (Wildman–Crippen LogP) is 1.89. The van der Waals surface area contributed by atoms with E-state index < -0.39 is 12.6 Å². The van der Waals surface area contributed by atoms with Crippen molar-refractivity contribution in [1.82, 2.24) is 14.9 Å². The van der Waals surface area contributed by atoms with Gasteiger partial charge in [-0.05, 0) is 13.0 Å². The van der Waals surface area contributed by atoms with Crippen molar-refractivity contribution in [2.45, 2.75) is 25.4 Å². The summed E-state index contributed by atoms with van der Waals surface area (Å²) in [6.45, 7) is 1.05. The molecule has 0 saturated heterocycles. The Bertz CT molecular complexity index is 307. The molecular formula is C10H16F3N3. The van der Waals surface area contributed by atoms with Crippen molar-refractivity contribution in [2.75, 3.05) is 13.1 Å². The molecule has 0 fully saturated rings. The molecule has 1 heterocycles. The summed E-state index contributed by atoms with van der Waals surface area (Å²) in [4.78, 5) is 4.12. The largest absolute Gasteiger partial charge is 0.389 e. The standard InChI is InChI=1S/C10H16F3N3/c1-16-8-7-15-9(16)3-6-14-5-2-4-10(11,12)13/h7-8,14H,2-6H2,1H3. The van der Waals surface area contributed by atoms with Crippen LogP contribution in [0.25, 0.3) is 0 Å². The van der Waals surface area contributed by atoms with Gasteiger partial charge in [-0.1, -0.05) is 0 Å². The molecule has 0 aliphatic heterocycles. The number of aryl methyl sites for hydroxylation is 1. The number of imidazole rings is 1. The Morgan fingerprint density at radius 2 is 2.12 bits per heavy atom. The molecule has 0 radical (unpaired) electrons. The van der Waals surface area contributed by atoms with Crippen molar-refractivity contribution in [3.05, 3.63) is 18.2 Å².